The third-order valence-electron chi connectivity index (χ3n) is 7.96. The summed E-state index contributed by atoms with van der Waals surface area (Å²) in [5, 5.41) is 0. The molecule has 1 unspecified atom stereocenters. The summed E-state index contributed by atoms with van der Waals surface area (Å²) >= 11 is 0. The van der Waals surface area contributed by atoms with Crippen molar-refractivity contribution in [3.05, 3.63) is 6.17 Å². The Balaban J connectivity index is 2.04. The zero-order valence-corrected chi connectivity index (χ0v) is 24.2. The summed E-state index contributed by atoms with van der Waals surface area (Å²) in [6.07, 6.45) is 43.3. The Hall–Kier alpha value is -0.790. The Morgan fingerprint density at radius 1 is 0.429 bits per heavy atom. The van der Waals surface area contributed by atoms with Crippen LogP contribution in [0.4, 0.5) is 0 Å². The van der Waals surface area contributed by atoms with Crippen molar-refractivity contribution >= 4 is 12.4 Å². The average molecular weight is 488 g/mol. The van der Waals surface area contributed by atoms with Crippen LogP contribution in [0.2, 0.25) is 0 Å². The summed E-state index contributed by atoms with van der Waals surface area (Å²) in [5.74, 6) is 0.961. The molecule has 2 nitrogen and oxygen atoms in total. The molecule has 0 aliphatic carbocycles. The van der Waals surface area contributed by atoms with Gasteiger partial charge in [-0.1, -0.05) is 184 Å². The zero-order valence-electron chi connectivity index (χ0n) is 24.2. The summed E-state index contributed by atoms with van der Waals surface area (Å²) in [4.78, 5) is 8.67. The monoisotopic (exact) mass is 487 g/mol. The first-order valence-electron chi connectivity index (χ1n) is 16.3. The highest BCUT2D eigenvalue weighted by atomic mass is 15.0. The molecule has 0 aromatic heterocycles. The van der Waals surface area contributed by atoms with Crippen LogP contribution in [0.1, 0.15) is 187 Å². The molecule has 1 rings (SSSR count). The molecule has 0 saturated carbocycles. The molecule has 0 aromatic rings. The van der Waals surface area contributed by atoms with Crippen molar-refractivity contribution in [3.8, 4) is 0 Å². The second-order valence-corrected chi connectivity index (χ2v) is 11.4. The molecular formula is C33H63N2+. The van der Waals surface area contributed by atoms with Gasteiger partial charge in [0.05, 0.1) is 6.42 Å². The smallest absolute Gasteiger partial charge is 0.0968 e. The van der Waals surface area contributed by atoms with Gasteiger partial charge in [-0.15, -0.1) is 0 Å². The first-order valence-corrected chi connectivity index (χ1v) is 16.3. The van der Waals surface area contributed by atoms with Crippen molar-refractivity contribution < 1.29 is 0 Å². The van der Waals surface area contributed by atoms with E-state index in [0.717, 1.165) is 18.5 Å². The van der Waals surface area contributed by atoms with Gasteiger partial charge < -0.3 is 0 Å². The highest BCUT2D eigenvalue weighted by Gasteiger charge is 2.15. The second-order valence-electron chi connectivity index (χ2n) is 11.4. The van der Waals surface area contributed by atoms with Crippen LogP contribution in [0.3, 0.4) is 0 Å². The van der Waals surface area contributed by atoms with Crippen molar-refractivity contribution in [2.75, 3.05) is 0 Å². The summed E-state index contributed by atoms with van der Waals surface area (Å²) < 4.78 is 0. The van der Waals surface area contributed by atoms with Crippen molar-refractivity contribution in [1.82, 2.24) is 0 Å². The van der Waals surface area contributed by atoms with Crippen LogP contribution >= 0.6 is 0 Å². The Bertz CT molecular complexity index is 458. The molecule has 35 heavy (non-hydrogen) atoms. The Kier molecular flexibility index (Phi) is 24.2. The SMILES string of the molecule is CCCCCCCCCCCCCCCC(CCCCCCCCCC)CCCC[C+]1N=CC=N1. The molecule has 1 aliphatic heterocycles. The van der Waals surface area contributed by atoms with Gasteiger partial charge in [-0.05, 0) is 12.3 Å². The molecule has 2 heteroatoms. The van der Waals surface area contributed by atoms with Crippen molar-refractivity contribution in [2.45, 2.75) is 187 Å². The average Bonchev–Trinajstić information content (AvgIpc) is 3.39. The van der Waals surface area contributed by atoms with E-state index in [4.69, 9.17) is 0 Å². The molecular weight excluding hydrogens is 424 g/mol. The number of hydrogen-bond acceptors (Lipinski definition) is 2. The van der Waals surface area contributed by atoms with Gasteiger partial charge in [-0.25, -0.2) is 0 Å². The maximum atomic E-state index is 4.33. The lowest BCUT2D eigenvalue weighted by molar-refractivity contribution is 0.367. The fourth-order valence-corrected chi connectivity index (χ4v) is 5.57. The Labute approximate surface area is 221 Å². The van der Waals surface area contributed by atoms with Gasteiger partial charge in [0.2, 0.25) is 6.17 Å². The molecule has 0 aromatic carbocycles. The number of nitrogens with zero attached hydrogens (tertiary/aromatic N) is 2. The number of rotatable bonds is 28. The molecule has 1 heterocycles. The van der Waals surface area contributed by atoms with E-state index in [9.17, 15) is 0 Å². The van der Waals surface area contributed by atoms with Crippen LogP contribution in [0.15, 0.2) is 9.98 Å². The van der Waals surface area contributed by atoms with Gasteiger partial charge in [0.25, 0.3) is 0 Å². The third-order valence-corrected chi connectivity index (χ3v) is 7.96. The highest BCUT2D eigenvalue weighted by molar-refractivity contribution is 6.18. The van der Waals surface area contributed by atoms with Gasteiger partial charge in [-0.2, -0.15) is 0 Å². The van der Waals surface area contributed by atoms with Crippen LogP contribution in [-0.4, -0.2) is 12.4 Å². The summed E-state index contributed by atoms with van der Waals surface area (Å²) in [6, 6.07) is 0. The van der Waals surface area contributed by atoms with Crippen molar-refractivity contribution in [1.29, 1.82) is 0 Å². The predicted molar refractivity (Wildman–Crippen MR) is 160 cm³/mol. The zero-order chi connectivity index (χ0) is 25.1. The lowest BCUT2D eigenvalue weighted by atomic mass is 9.89. The summed E-state index contributed by atoms with van der Waals surface area (Å²) in [5.41, 5.74) is 0. The van der Waals surface area contributed by atoms with Gasteiger partial charge >= 0.3 is 0 Å². The van der Waals surface area contributed by atoms with Crippen LogP contribution in [0.25, 0.3) is 0 Å². The van der Waals surface area contributed by atoms with E-state index in [-0.39, 0.29) is 0 Å². The topological polar surface area (TPSA) is 24.7 Å². The van der Waals surface area contributed by atoms with Crippen LogP contribution in [0, 0.1) is 12.1 Å². The second kappa shape index (κ2) is 26.3. The minimum Gasteiger partial charge on any atom is -0.0968 e. The largest absolute Gasteiger partial charge is 0.240 e. The molecule has 0 amide bonds. The molecule has 0 N–H and O–H groups in total. The molecule has 204 valence electrons. The first kappa shape index (κ1) is 32.2. The molecule has 0 fully saturated rings. The number of unbranched alkanes of at least 4 members (excludes halogenated alkanes) is 20. The maximum absolute atomic E-state index is 4.33. The highest BCUT2D eigenvalue weighted by Crippen LogP contribution is 2.26. The van der Waals surface area contributed by atoms with Gasteiger partial charge in [0.1, 0.15) is 0 Å². The van der Waals surface area contributed by atoms with E-state index in [0.29, 0.717) is 0 Å². The van der Waals surface area contributed by atoms with E-state index >= 15 is 0 Å². The molecule has 1 atom stereocenters. The Morgan fingerprint density at radius 2 is 0.743 bits per heavy atom. The van der Waals surface area contributed by atoms with Crippen LogP contribution in [0.5, 0.6) is 0 Å². The first-order chi connectivity index (χ1) is 17.4. The molecule has 0 saturated heterocycles. The van der Waals surface area contributed by atoms with Gasteiger partial charge in [0.15, 0.2) is 12.4 Å². The van der Waals surface area contributed by atoms with E-state index < -0.39 is 0 Å². The quantitative estimate of drug-likeness (QED) is 0.0774. The molecule has 0 radical (unpaired) electrons. The standard InChI is InChI=1S/C33H63N2/c1-3-5-7-9-11-13-14-15-16-17-19-21-23-27-32(26-22-20-18-12-10-8-6-4-2)28-24-25-29-33-34-30-31-35-33/h30-32H,3-29H2,1-2H3/q+1. The normalized spacial score (nSPS) is 13.8. The predicted octanol–water partition coefficient (Wildman–Crippen LogP) is 11.8. The van der Waals surface area contributed by atoms with Crippen LogP contribution in [-0.2, 0) is 0 Å². The third kappa shape index (κ3) is 22.2. The van der Waals surface area contributed by atoms with Gasteiger partial charge in [-0.3, -0.25) is 0 Å². The minimum atomic E-state index is 0.961. The number of aliphatic imine (C=N–C) groups is 2. The summed E-state index contributed by atoms with van der Waals surface area (Å²) in [6.45, 7) is 4.62. The van der Waals surface area contributed by atoms with Crippen molar-refractivity contribution in [3.63, 3.8) is 0 Å². The molecule has 0 spiro atoms. The minimum absolute atomic E-state index is 0.961. The van der Waals surface area contributed by atoms with Gasteiger partial charge in [0, 0.05) is 0 Å². The van der Waals surface area contributed by atoms with E-state index in [2.05, 4.69) is 23.8 Å². The maximum Gasteiger partial charge on any atom is 0.240 e. The lowest BCUT2D eigenvalue weighted by Crippen LogP contribution is -2.02. The van der Waals surface area contributed by atoms with E-state index in [1.807, 2.05) is 12.4 Å². The summed E-state index contributed by atoms with van der Waals surface area (Å²) in [7, 11) is 0. The lowest BCUT2D eigenvalue weighted by Gasteiger charge is -2.17. The van der Waals surface area contributed by atoms with E-state index in [1.54, 1.807) is 0 Å². The fourth-order valence-electron chi connectivity index (χ4n) is 5.57. The fraction of sp³-hybridized carbons (Fsp3) is 0.909. The van der Waals surface area contributed by atoms with Crippen molar-refractivity contribution in [2.24, 2.45) is 15.9 Å². The number of hydrogen-bond donors (Lipinski definition) is 0. The Morgan fingerprint density at radius 3 is 1.11 bits per heavy atom. The molecule has 0 bridgehead atoms. The van der Waals surface area contributed by atoms with E-state index in [1.165, 1.54) is 167 Å². The van der Waals surface area contributed by atoms with Crippen LogP contribution < -0.4 is 0 Å². The molecule has 1 aliphatic rings.